The highest BCUT2D eigenvalue weighted by atomic mass is 16.7. The predicted molar refractivity (Wildman–Crippen MR) is 104 cm³/mol. The summed E-state index contributed by atoms with van der Waals surface area (Å²) >= 11 is 0. The number of imidazole rings is 1. The first-order valence-electron chi connectivity index (χ1n) is 9.25. The van der Waals surface area contributed by atoms with Gasteiger partial charge < -0.3 is 34.9 Å². The topological polar surface area (TPSA) is 128 Å². The van der Waals surface area contributed by atoms with Crippen LogP contribution in [0.2, 0.25) is 0 Å². The molecule has 1 fully saturated rings. The van der Waals surface area contributed by atoms with Gasteiger partial charge in [-0.3, -0.25) is 0 Å². The molecule has 0 aliphatic carbocycles. The van der Waals surface area contributed by atoms with Crippen LogP contribution in [0.1, 0.15) is 0 Å². The number of nitrogens with one attached hydrogen (secondary N) is 1. The molecule has 152 valence electrons. The summed E-state index contributed by atoms with van der Waals surface area (Å²) in [5.41, 5.74) is 2.78. The molecule has 1 saturated heterocycles. The largest absolute Gasteiger partial charge is 0.462 e. The third-order valence-electron chi connectivity index (χ3n) is 4.89. The summed E-state index contributed by atoms with van der Waals surface area (Å²) in [7, 11) is 0. The Morgan fingerprint density at radius 3 is 2.31 bits per heavy atom. The van der Waals surface area contributed by atoms with E-state index in [9.17, 15) is 20.4 Å². The van der Waals surface area contributed by atoms with Gasteiger partial charge in [-0.15, -0.1) is 0 Å². The minimum atomic E-state index is -1.48. The second-order valence-corrected chi connectivity index (χ2v) is 6.85. The fraction of sp³-hybridized carbons (Fsp3) is 0.286. The lowest BCUT2D eigenvalue weighted by molar-refractivity contribution is -0.277. The van der Waals surface area contributed by atoms with Gasteiger partial charge in [0.25, 0.3) is 0 Å². The zero-order chi connectivity index (χ0) is 20.4. The van der Waals surface area contributed by atoms with Crippen LogP contribution in [0.5, 0.6) is 5.75 Å². The van der Waals surface area contributed by atoms with Crippen LogP contribution in [-0.4, -0.2) is 67.7 Å². The molecular weight excluding hydrogens is 376 g/mol. The molecule has 8 nitrogen and oxygen atoms in total. The van der Waals surface area contributed by atoms with Gasteiger partial charge in [-0.25, -0.2) is 4.98 Å². The van der Waals surface area contributed by atoms with Crippen molar-refractivity contribution in [3.05, 3.63) is 60.8 Å². The second kappa shape index (κ2) is 8.32. The van der Waals surface area contributed by atoms with E-state index in [1.165, 1.54) is 0 Å². The van der Waals surface area contributed by atoms with Gasteiger partial charge in [0.15, 0.2) is 0 Å². The van der Waals surface area contributed by atoms with E-state index >= 15 is 0 Å². The summed E-state index contributed by atoms with van der Waals surface area (Å²) in [6, 6.07) is 16.8. The van der Waals surface area contributed by atoms with Gasteiger partial charge >= 0.3 is 0 Å². The Hall–Kier alpha value is -2.75. The molecule has 1 aromatic heterocycles. The van der Waals surface area contributed by atoms with E-state index in [0.717, 1.165) is 16.8 Å². The molecule has 4 rings (SSSR count). The van der Waals surface area contributed by atoms with Gasteiger partial charge in [-0.1, -0.05) is 30.3 Å². The molecule has 3 aromatic rings. The van der Waals surface area contributed by atoms with E-state index in [0.29, 0.717) is 11.6 Å². The van der Waals surface area contributed by atoms with Gasteiger partial charge in [-0.05, 0) is 29.8 Å². The predicted octanol–water partition coefficient (Wildman–Crippen LogP) is 0.922. The summed E-state index contributed by atoms with van der Waals surface area (Å²) < 4.78 is 10.9. The summed E-state index contributed by atoms with van der Waals surface area (Å²) in [6.45, 7) is -0.508. The van der Waals surface area contributed by atoms with Gasteiger partial charge in [0.1, 0.15) is 36.0 Å². The molecule has 1 aliphatic rings. The highest BCUT2D eigenvalue weighted by Crippen LogP contribution is 2.27. The first kappa shape index (κ1) is 19.6. The van der Waals surface area contributed by atoms with Gasteiger partial charge in [0.2, 0.25) is 6.29 Å². The van der Waals surface area contributed by atoms with E-state index < -0.39 is 37.3 Å². The second-order valence-electron chi connectivity index (χ2n) is 6.85. The SMILES string of the molecule is OC[C@H]1O[C@@H](Oc2ccc(-c3ncc(-c4ccccc4)[nH]3)cc2)[C@H](O)[C@@H](O)[C@@H]1O. The Balaban J connectivity index is 1.46. The molecule has 0 amide bonds. The molecule has 0 unspecified atom stereocenters. The van der Waals surface area contributed by atoms with Gasteiger partial charge in [0.05, 0.1) is 18.5 Å². The smallest absolute Gasteiger partial charge is 0.229 e. The molecule has 1 aliphatic heterocycles. The zero-order valence-electron chi connectivity index (χ0n) is 15.4. The number of ether oxygens (including phenoxy) is 2. The van der Waals surface area contributed by atoms with Crippen molar-refractivity contribution in [2.24, 2.45) is 0 Å². The Kier molecular flexibility index (Phi) is 5.61. The minimum Gasteiger partial charge on any atom is -0.462 e. The molecule has 0 saturated carbocycles. The number of aromatic nitrogens is 2. The van der Waals surface area contributed by atoms with Gasteiger partial charge in [0, 0.05) is 5.56 Å². The quantitative estimate of drug-likeness (QED) is 0.432. The van der Waals surface area contributed by atoms with E-state index in [1.54, 1.807) is 30.5 Å². The van der Waals surface area contributed by atoms with Crippen LogP contribution in [0.4, 0.5) is 0 Å². The Morgan fingerprint density at radius 2 is 1.62 bits per heavy atom. The highest BCUT2D eigenvalue weighted by molar-refractivity contribution is 5.64. The molecule has 0 radical (unpaired) electrons. The van der Waals surface area contributed by atoms with Crippen molar-refractivity contribution in [2.75, 3.05) is 6.61 Å². The lowest BCUT2D eigenvalue weighted by Crippen LogP contribution is -2.60. The third-order valence-corrected chi connectivity index (χ3v) is 4.89. The maximum absolute atomic E-state index is 10.1. The number of aliphatic hydroxyl groups is 4. The zero-order valence-corrected chi connectivity index (χ0v) is 15.4. The fourth-order valence-electron chi connectivity index (χ4n) is 3.22. The molecule has 8 heteroatoms. The lowest BCUT2D eigenvalue weighted by atomic mass is 9.99. The summed E-state index contributed by atoms with van der Waals surface area (Å²) in [5, 5.41) is 39.0. The van der Waals surface area contributed by atoms with Crippen LogP contribution < -0.4 is 4.74 Å². The number of nitrogens with zero attached hydrogens (tertiary/aromatic N) is 1. The first-order valence-corrected chi connectivity index (χ1v) is 9.25. The number of H-pyrrole nitrogens is 1. The van der Waals surface area contributed by atoms with Crippen LogP contribution in [0, 0.1) is 0 Å². The van der Waals surface area contributed by atoms with Crippen LogP contribution in [0.3, 0.4) is 0 Å². The molecule has 2 heterocycles. The van der Waals surface area contributed by atoms with Crippen molar-refractivity contribution in [2.45, 2.75) is 30.7 Å². The maximum Gasteiger partial charge on any atom is 0.229 e. The monoisotopic (exact) mass is 398 g/mol. The number of benzene rings is 2. The van der Waals surface area contributed by atoms with Gasteiger partial charge in [-0.2, -0.15) is 0 Å². The van der Waals surface area contributed by atoms with E-state index in [1.807, 2.05) is 30.3 Å². The van der Waals surface area contributed by atoms with Crippen LogP contribution in [0.25, 0.3) is 22.6 Å². The molecule has 0 spiro atoms. The molecule has 29 heavy (non-hydrogen) atoms. The molecule has 5 atom stereocenters. The number of hydrogen-bond acceptors (Lipinski definition) is 7. The number of rotatable bonds is 5. The molecular formula is C21H22N2O6. The van der Waals surface area contributed by atoms with Crippen molar-refractivity contribution in [1.82, 2.24) is 9.97 Å². The van der Waals surface area contributed by atoms with Crippen LogP contribution in [-0.2, 0) is 4.74 Å². The Labute approximate surface area is 167 Å². The maximum atomic E-state index is 10.1. The van der Waals surface area contributed by atoms with Crippen molar-refractivity contribution >= 4 is 0 Å². The van der Waals surface area contributed by atoms with Crippen LogP contribution in [0.15, 0.2) is 60.8 Å². The minimum absolute atomic E-state index is 0.396. The van der Waals surface area contributed by atoms with Crippen molar-refractivity contribution in [1.29, 1.82) is 0 Å². The molecule has 2 aromatic carbocycles. The number of aliphatic hydroxyl groups excluding tert-OH is 4. The number of aromatic amines is 1. The Morgan fingerprint density at radius 1 is 0.897 bits per heavy atom. The Bertz CT molecular complexity index is 928. The third kappa shape index (κ3) is 4.02. The normalized spacial score (nSPS) is 27.0. The van der Waals surface area contributed by atoms with E-state index in [4.69, 9.17) is 9.47 Å². The van der Waals surface area contributed by atoms with E-state index in [-0.39, 0.29) is 0 Å². The standard InChI is InChI=1S/C21H22N2O6/c24-11-16-17(25)18(26)19(27)21(29-16)28-14-8-6-13(7-9-14)20-22-10-15(23-20)12-4-2-1-3-5-12/h1-10,16-19,21,24-27H,11H2,(H,22,23)/t16-,17-,18+,19-,21-/m1/s1. The summed E-state index contributed by atoms with van der Waals surface area (Å²) in [6.07, 6.45) is -4.82. The van der Waals surface area contributed by atoms with Crippen molar-refractivity contribution < 1.29 is 29.9 Å². The molecule has 0 bridgehead atoms. The summed E-state index contributed by atoms with van der Waals surface area (Å²) in [5.74, 6) is 1.09. The molecule has 5 N–H and O–H groups in total. The van der Waals surface area contributed by atoms with Crippen molar-refractivity contribution in [3.63, 3.8) is 0 Å². The first-order chi connectivity index (χ1) is 14.1. The fourth-order valence-corrected chi connectivity index (χ4v) is 3.22. The average molecular weight is 398 g/mol. The van der Waals surface area contributed by atoms with Crippen LogP contribution >= 0.6 is 0 Å². The highest BCUT2D eigenvalue weighted by Gasteiger charge is 2.44. The summed E-state index contributed by atoms with van der Waals surface area (Å²) in [4.78, 5) is 7.68. The van der Waals surface area contributed by atoms with Crippen molar-refractivity contribution in [3.8, 4) is 28.4 Å². The van der Waals surface area contributed by atoms with E-state index in [2.05, 4.69) is 9.97 Å². The number of hydrogen-bond donors (Lipinski definition) is 5. The average Bonchev–Trinajstić information content (AvgIpc) is 3.25. The lowest BCUT2D eigenvalue weighted by Gasteiger charge is -2.39.